The Labute approximate surface area is 152 Å². The molecule has 3 N–H and O–H groups in total. The van der Waals surface area contributed by atoms with Gasteiger partial charge in [0.25, 0.3) is 0 Å². The lowest BCUT2D eigenvalue weighted by molar-refractivity contribution is -0.0804. The van der Waals surface area contributed by atoms with Gasteiger partial charge >= 0.3 is 0 Å². The molecule has 0 spiro atoms. The van der Waals surface area contributed by atoms with E-state index in [1.165, 1.54) is 0 Å². The van der Waals surface area contributed by atoms with Gasteiger partial charge in [0, 0.05) is 46.2 Å². The smallest absolute Gasteiger partial charge is 0.189 e. The van der Waals surface area contributed by atoms with Gasteiger partial charge in [-0.15, -0.1) is 0 Å². The van der Waals surface area contributed by atoms with Crippen LogP contribution in [0.3, 0.4) is 0 Å². The maximum Gasteiger partial charge on any atom is 0.189 e. The van der Waals surface area contributed by atoms with Crippen LogP contribution in [0.4, 0.5) is 0 Å². The summed E-state index contributed by atoms with van der Waals surface area (Å²) in [7, 11) is 0. The molecule has 25 heavy (non-hydrogen) atoms. The number of benzene rings is 1. The Kier molecular flexibility index (Phi) is 5.49. The van der Waals surface area contributed by atoms with Crippen LogP contribution in [0.5, 0.6) is 0 Å². The van der Waals surface area contributed by atoms with Crippen molar-refractivity contribution in [3.8, 4) is 0 Å². The average Bonchev–Trinajstić information content (AvgIpc) is 2.58. The lowest BCUT2D eigenvalue weighted by Gasteiger charge is -2.44. The predicted octanol–water partition coefficient (Wildman–Crippen LogP) is 2.53. The number of aromatic amines is 1. The number of aliphatic hydroxyl groups excluding tert-OH is 2. The van der Waals surface area contributed by atoms with Crippen molar-refractivity contribution in [3.05, 3.63) is 45.2 Å². The topological polar surface area (TPSA) is 76.6 Å². The third-order valence-corrected chi connectivity index (χ3v) is 5.60. The van der Waals surface area contributed by atoms with Crippen molar-refractivity contribution in [1.29, 1.82) is 0 Å². The molecule has 0 amide bonds. The van der Waals surface area contributed by atoms with Crippen molar-refractivity contribution in [2.24, 2.45) is 5.41 Å². The van der Waals surface area contributed by atoms with Crippen LogP contribution in [0.2, 0.25) is 5.02 Å². The van der Waals surface area contributed by atoms with Gasteiger partial charge in [-0.2, -0.15) is 0 Å². The summed E-state index contributed by atoms with van der Waals surface area (Å²) in [5, 5.41) is 21.5. The van der Waals surface area contributed by atoms with E-state index in [1.54, 1.807) is 18.2 Å². The van der Waals surface area contributed by atoms with Crippen LogP contribution in [-0.4, -0.2) is 45.9 Å². The zero-order chi connectivity index (χ0) is 18.0. The lowest BCUT2D eigenvalue weighted by Crippen LogP contribution is -2.52. The summed E-state index contributed by atoms with van der Waals surface area (Å²) in [5.41, 5.74) is 1.14. The van der Waals surface area contributed by atoms with E-state index in [0.29, 0.717) is 23.5 Å². The van der Waals surface area contributed by atoms with E-state index in [9.17, 15) is 15.0 Å². The fourth-order valence-electron chi connectivity index (χ4n) is 3.87. The van der Waals surface area contributed by atoms with E-state index in [-0.39, 0.29) is 12.0 Å². The van der Waals surface area contributed by atoms with Crippen molar-refractivity contribution in [3.63, 3.8) is 0 Å². The lowest BCUT2D eigenvalue weighted by atomic mass is 9.73. The standard InChI is InChI=1S/C19H25ClN2O3/c1-2-5-19(12-23)6-7-22(11-18(19)25)10-14-9-17(24)15-8-13(20)3-4-16(15)21-14/h3-4,8-9,18,23,25H,2,5-7,10-12H2,1H3,(H,21,24)/t18-,19+/m0/s1. The van der Waals surface area contributed by atoms with Gasteiger partial charge < -0.3 is 15.2 Å². The highest BCUT2D eigenvalue weighted by molar-refractivity contribution is 6.31. The highest BCUT2D eigenvalue weighted by atomic mass is 35.5. The molecule has 0 unspecified atom stereocenters. The molecule has 1 aromatic carbocycles. The second-order valence-corrected chi connectivity index (χ2v) is 7.56. The Balaban J connectivity index is 1.77. The molecule has 2 heterocycles. The number of fused-ring (bicyclic) bond motifs is 1. The number of piperidine rings is 1. The summed E-state index contributed by atoms with van der Waals surface area (Å²) >= 11 is 5.96. The van der Waals surface area contributed by atoms with E-state index < -0.39 is 11.5 Å². The summed E-state index contributed by atoms with van der Waals surface area (Å²) in [4.78, 5) is 17.7. The molecule has 0 bridgehead atoms. The van der Waals surface area contributed by atoms with Gasteiger partial charge in [-0.05, 0) is 37.6 Å². The second kappa shape index (κ2) is 7.46. The number of nitrogens with one attached hydrogen (secondary N) is 1. The van der Waals surface area contributed by atoms with Crippen LogP contribution in [0.25, 0.3) is 10.9 Å². The fourth-order valence-corrected chi connectivity index (χ4v) is 4.05. The molecule has 2 aromatic rings. The minimum absolute atomic E-state index is 0.0173. The number of H-pyrrole nitrogens is 1. The van der Waals surface area contributed by atoms with Gasteiger partial charge in [0.1, 0.15) is 0 Å². The van der Waals surface area contributed by atoms with Gasteiger partial charge in [-0.1, -0.05) is 24.9 Å². The molecule has 0 aliphatic carbocycles. The zero-order valence-corrected chi connectivity index (χ0v) is 15.2. The van der Waals surface area contributed by atoms with E-state index in [0.717, 1.165) is 37.0 Å². The van der Waals surface area contributed by atoms with Crippen molar-refractivity contribution < 1.29 is 10.2 Å². The Morgan fingerprint density at radius 1 is 1.40 bits per heavy atom. The van der Waals surface area contributed by atoms with Crippen molar-refractivity contribution in [2.75, 3.05) is 19.7 Å². The molecule has 5 nitrogen and oxygen atoms in total. The number of hydrogen-bond donors (Lipinski definition) is 3. The van der Waals surface area contributed by atoms with Gasteiger partial charge in [0.2, 0.25) is 0 Å². The Hall–Kier alpha value is -1.40. The second-order valence-electron chi connectivity index (χ2n) is 7.12. The Morgan fingerprint density at radius 2 is 2.20 bits per heavy atom. The van der Waals surface area contributed by atoms with Crippen LogP contribution in [0, 0.1) is 5.41 Å². The van der Waals surface area contributed by atoms with Crippen molar-refractivity contribution >= 4 is 22.5 Å². The van der Waals surface area contributed by atoms with E-state index in [1.807, 2.05) is 6.07 Å². The summed E-state index contributed by atoms with van der Waals surface area (Å²) in [5.74, 6) is 0. The number of pyridine rings is 1. The van der Waals surface area contributed by atoms with Gasteiger partial charge in [0.15, 0.2) is 5.43 Å². The molecule has 0 radical (unpaired) electrons. The van der Waals surface area contributed by atoms with Crippen molar-refractivity contribution in [1.82, 2.24) is 9.88 Å². The monoisotopic (exact) mass is 364 g/mol. The average molecular weight is 365 g/mol. The fraction of sp³-hybridized carbons (Fsp3) is 0.526. The molecule has 3 rings (SSSR count). The number of nitrogens with zero attached hydrogens (tertiary/aromatic N) is 1. The Bertz CT molecular complexity index is 807. The molecule has 2 atom stereocenters. The number of aliphatic hydroxyl groups is 2. The van der Waals surface area contributed by atoms with Crippen molar-refractivity contribution in [2.45, 2.75) is 38.8 Å². The SMILES string of the molecule is CCC[C@]1(CO)CCN(Cc2cc(=O)c3cc(Cl)ccc3[nH]2)C[C@@H]1O. The van der Waals surface area contributed by atoms with Crippen LogP contribution in [-0.2, 0) is 6.54 Å². The molecular weight excluding hydrogens is 340 g/mol. The Morgan fingerprint density at radius 3 is 2.88 bits per heavy atom. The highest BCUT2D eigenvalue weighted by Crippen LogP contribution is 2.36. The number of rotatable bonds is 5. The molecule has 1 saturated heterocycles. The van der Waals surface area contributed by atoms with Crippen LogP contribution in [0.15, 0.2) is 29.1 Å². The van der Waals surface area contributed by atoms with Gasteiger partial charge in [-0.25, -0.2) is 0 Å². The maximum atomic E-state index is 12.3. The van der Waals surface area contributed by atoms with Gasteiger partial charge in [0.05, 0.1) is 12.7 Å². The first kappa shape index (κ1) is 18.4. The molecule has 136 valence electrons. The first-order chi connectivity index (χ1) is 12.0. The number of hydrogen-bond acceptors (Lipinski definition) is 4. The summed E-state index contributed by atoms with van der Waals surface area (Å²) in [6, 6.07) is 6.84. The number of likely N-dealkylation sites (tertiary alicyclic amines) is 1. The number of halogens is 1. The molecular formula is C19H25ClN2O3. The van der Waals surface area contributed by atoms with E-state index in [4.69, 9.17) is 11.6 Å². The predicted molar refractivity (Wildman–Crippen MR) is 99.9 cm³/mol. The minimum atomic E-state index is -0.558. The molecule has 1 aliphatic rings. The van der Waals surface area contributed by atoms with Gasteiger partial charge in [-0.3, -0.25) is 9.69 Å². The first-order valence-electron chi connectivity index (χ1n) is 8.80. The van der Waals surface area contributed by atoms with Crippen LogP contribution in [0.1, 0.15) is 31.9 Å². The summed E-state index contributed by atoms with van der Waals surface area (Å²) in [6.45, 7) is 3.95. The highest BCUT2D eigenvalue weighted by Gasteiger charge is 2.41. The number of aromatic nitrogens is 1. The quantitative estimate of drug-likeness (QED) is 0.762. The molecule has 1 aliphatic heterocycles. The molecule has 1 fully saturated rings. The third kappa shape index (κ3) is 3.75. The third-order valence-electron chi connectivity index (χ3n) is 5.37. The largest absolute Gasteiger partial charge is 0.396 e. The minimum Gasteiger partial charge on any atom is -0.396 e. The van der Waals surface area contributed by atoms with Crippen LogP contribution < -0.4 is 5.43 Å². The van der Waals surface area contributed by atoms with E-state index >= 15 is 0 Å². The zero-order valence-electron chi connectivity index (χ0n) is 14.5. The molecule has 1 aromatic heterocycles. The van der Waals surface area contributed by atoms with Crippen LogP contribution >= 0.6 is 11.6 Å². The molecule has 0 saturated carbocycles. The first-order valence-corrected chi connectivity index (χ1v) is 9.18. The normalized spacial score (nSPS) is 24.7. The van der Waals surface area contributed by atoms with E-state index in [2.05, 4.69) is 16.8 Å². The molecule has 6 heteroatoms. The number of β-amino-alcohol motifs (C(OH)–C–C–N with tert-alkyl or cyclic N) is 1. The summed E-state index contributed by atoms with van der Waals surface area (Å²) < 4.78 is 0. The maximum absolute atomic E-state index is 12.3. The summed E-state index contributed by atoms with van der Waals surface area (Å²) in [6.07, 6.45) is 1.97.